The van der Waals surface area contributed by atoms with Crippen LogP contribution >= 0.6 is 0 Å². The summed E-state index contributed by atoms with van der Waals surface area (Å²) in [6, 6.07) is 5.95. The SMILES string of the molecule is C=CCOCCC(=O)N1CCC(c2nccn2Cc2ccccn2)CC1. The lowest BCUT2D eigenvalue weighted by molar-refractivity contribution is -0.133. The van der Waals surface area contributed by atoms with E-state index in [1.807, 2.05) is 41.7 Å². The van der Waals surface area contributed by atoms with Gasteiger partial charge >= 0.3 is 0 Å². The highest BCUT2D eigenvalue weighted by atomic mass is 16.5. The summed E-state index contributed by atoms with van der Waals surface area (Å²) >= 11 is 0. The monoisotopic (exact) mass is 354 g/mol. The lowest BCUT2D eigenvalue weighted by atomic mass is 9.95. The highest BCUT2D eigenvalue weighted by Gasteiger charge is 2.26. The molecule has 138 valence electrons. The highest BCUT2D eigenvalue weighted by Crippen LogP contribution is 2.27. The van der Waals surface area contributed by atoms with Crippen LogP contribution < -0.4 is 0 Å². The van der Waals surface area contributed by atoms with Crippen molar-refractivity contribution in [2.45, 2.75) is 31.7 Å². The van der Waals surface area contributed by atoms with Crippen LogP contribution in [0.3, 0.4) is 0 Å². The molecule has 2 aromatic heterocycles. The molecule has 1 aliphatic heterocycles. The Bertz CT molecular complexity index is 706. The Morgan fingerprint density at radius 2 is 2.12 bits per heavy atom. The molecule has 0 N–H and O–H groups in total. The number of amides is 1. The fraction of sp³-hybridized carbons (Fsp3) is 0.450. The number of aromatic nitrogens is 3. The molecule has 0 atom stereocenters. The zero-order valence-electron chi connectivity index (χ0n) is 15.1. The van der Waals surface area contributed by atoms with Crippen LogP contribution in [0, 0.1) is 0 Å². The standard InChI is InChI=1S/C20H26N4O2/c1-2-14-26-15-8-19(25)23-11-6-17(7-12-23)20-22-10-13-24(20)16-18-5-3-4-9-21-18/h2-5,9-10,13,17H,1,6-8,11-12,14-16H2. The predicted molar refractivity (Wildman–Crippen MR) is 99.8 cm³/mol. The Kier molecular flexibility index (Phi) is 6.55. The summed E-state index contributed by atoms with van der Waals surface area (Å²) < 4.78 is 7.49. The van der Waals surface area contributed by atoms with Crippen LogP contribution in [-0.2, 0) is 16.1 Å². The minimum atomic E-state index is 0.171. The van der Waals surface area contributed by atoms with Gasteiger partial charge in [-0.3, -0.25) is 9.78 Å². The molecule has 2 aromatic rings. The van der Waals surface area contributed by atoms with Gasteiger partial charge in [-0.15, -0.1) is 6.58 Å². The summed E-state index contributed by atoms with van der Waals surface area (Å²) in [4.78, 5) is 23.2. The number of ether oxygens (including phenoxy) is 1. The number of carbonyl (C=O) groups is 1. The lowest BCUT2D eigenvalue weighted by Crippen LogP contribution is -2.38. The number of hydrogen-bond donors (Lipinski definition) is 0. The first kappa shape index (κ1) is 18.3. The molecule has 1 fully saturated rings. The smallest absolute Gasteiger partial charge is 0.224 e. The van der Waals surface area contributed by atoms with E-state index in [9.17, 15) is 4.79 Å². The predicted octanol–water partition coefficient (Wildman–Crippen LogP) is 2.63. The van der Waals surface area contributed by atoms with E-state index >= 15 is 0 Å². The molecule has 3 heterocycles. The quantitative estimate of drug-likeness (QED) is 0.540. The summed E-state index contributed by atoms with van der Waals surface area (Å²) in [5, 5.41) is 0. The lowest BCUT2D eigenvalue weighted by Gasteiger charge is -2.32. The van der Waals surface area contributed by atoms with Crippen molar-refractivity contribution in [2.75, 3.05) is 26.3 Å². The van der Waals surface area contributed by atoms with Crippen molar-refractivity contribution < 1.29 is 9.53 Å². The number of hydrogen-bond acceptors (Lipinski definition) is 4. The van der Waals surface area contributed by atoms with Crippen LogP contribution in [0.15, 0.2) is 49.4 Å². The van der Waals surface area contributed by atoms with Gasteiger partial charge in [-0.1, -0.05) is 12.1 Å². The van der Waals surface area contributed by atoms with Gasteiger partial charge in [0.1, 0.15) is 5.82 Å². The highest BCUT2D eigenvalue weighted by molar-refractivity contribution is 5.76. The Balaban J connectivity index is 1.52. The van der Waals surface area contributed by atoms with Crippen LogP contribution in [0.1, 0.15) is 36.7 Å². The number of nitrogens with zero attached hydrogens (tertiary/aromatic N) is 4. The molecule has 3 rings (SSSR count). The summed E-state index contributed by atoms with van der Waals surface area (Å²) in [5.74, 6) is 1.65. The fourth-order valence-corrected chi connectivity index (χ4v) is 3.35. The third-order valence-electron chi connectivity index (χ3n) is 4.71. The van der Waals surface area contributed by atoms with Crippen molar-refractivity contribution in [2.24, 2.45) is 0 Å². The van der Waals surface area contributed by atoms with Crippen LogP contribution in [0.5, 0.6) is 0 Å². The molecule has 6 nitrogen and oxygen atoms in total. The van der Waals surface area contributed by atoms with Crippen molar-refractivity contribution in [1.29, 1.82) is 0 Å². The first-order valence-electron chi connectivity index (χ1n) is 9.15. The first-order valence-corrected chi connectivity index (χ1v) is 9.15. The van der Waals surface area contributed by atoms with Crippen LogP contribution in [0.25, 0.3) is 0 Å². The van der Waals surface area contributed by atoms with Gasteiger partial charge in [0.05, 0.1) is 31.9 Å². The molecule has 0 bridgehead atoms. The maximum Gasteiger partial charge on any atom is 0.224 e. The Morgan fingerprint density at radius 3 is 2.85 bits per heavy atom. The Hall–Kier alpha value is -2.47. The van der Waals surface area contributed by atoms with Gasteiger partial charge in [-0.25, -0.2) is 4.98 Å². The zero-order valence-corrected chi connectivity index (χ0v) is 15.1. The molecule has 1 saturated heterocycles. The molecule has 0 saturated carbocycles. The number of pyridine rings is 1. The van der Waals surface area contributed by atoms with Crippen molar-refractivity contribution in [3.8, 4) is 0 Å². The third kappa shape index (κ3) is 4.79. The molecular weight excluding hydrogens is 328 g/mol. The fourth-order valence-electron chi connectivity index (χ4n) is 3.35. The number of imidazole rings is 1. The zero-order chi connectivity index (χ0) is 18.2. The maximum atomic E-state index is 12.3. The van der Waals surface area contributed by atoms with E-state index in [0.717, 1.165) is 44.0 Å². The number of rotatable bonds is 8. The van der Waals surface area contributed by atoms with Crippen molar-refractivity contribution in [3.63, 3.8) is 0 Å². The van der Waals surface area contributed by atoms with E-state index in [4.69, 9.17) is 4.74 Å². The first-order chi connectivity index (χ1) is 12.8. The van der Waals surface area contributed by atoms with Gasteiger partial charge in [0.15, 0.2) is 0 Å². The molecule has 0 spiro atoms. The molecule has 0 unspecified atom stereocenters. The number of piperidine rings is 1. The van der Waals surface area contributed by atoms with E-state index in [1.165, 1.54) is 0 Å². The van der Waals surface area contributed by atoms with Gasteiger partial charge in [0.2, 0.25) is 5.91 Å². The van der Waals surface area contributed by atoms with Gasteiger partial charge in [0.25, 0.3) is 0 Å². The normalized spacial score (nSPS) is 15.2. The molecule has 1 amide bonds. The summed E-state index contributed by atoms with van der Waals surface area (Å²) in [6.07, 6.45) is 9.70. The van der Waals surface area contributed by atoms with Gasteiger partial charge in [-0.2, -0.15) is 0 Å². The van der Waals surface area contributed by atoms with E-state index in [2.05, 4.69) is 21.1 Å². The summed E-state index contributed by atoms with van der Waals surface area (Å²) in [5.41, 5.74) is 1.03. The average Bonchev–Trinajstić information content (AvgIpc) is 3.14. The topological polar surface area (TPSA) is 60.2 Å². The second-order valence-electron chi connectivity index (χ2n) is 6.50. The summed E-state index contributed by atoms with van der Waals surface area (Å²) in [7, 11) is 0. The largest absolute Gasteiger partial charge is 0.377 e. The van der Waals surface area contributed by atoms with Crippen LogP contribution in [0.2, 0.25) is 0 Å². The van der Waals surface area contributed by atoms with Crippen molar-refractivity contribution >= 4 is 5.91 Å². The van der Waals surface area contributed by atoms with E-state index in [-0.39, 0.29) is 5.91 Å². The average molecular weight is 354 g/mol. The van der Waals surface area contributed by atoms with Gasteiger partial charge in [0, 0.05) is 37.6 Å². The van der Waals surface area contributed by atoms with E-state index in [0.29, 0.717) is 25.6 Å². The molecule has 0 aliphatic carbocycles. The Morgan fingerprint density at radius 1 is 1.27 bits per heavy atom. The summed E-state index contributed by atoms with van der Waals surface area (Å²) in [6.45, 7) is 6.84. The maximum absolute atomic E-state index is 12.3. The van der Waals surface area contributed by atoms with Gasteiger partial charge < -0.3 is 14.2 Å². The van der Waals surface area contributed by atoms with Crippen LogP contribution in [0.4, 0.5) is 0 Å². The second kappa shape index (κ2) is 9.29. The number of carbonyl (C=O) groups excluding carboxylic acids is 1. The molecule has 6 heteroatoms. The molecule has 1 aliphatic rings. The minimum Gasteiger partial charge on any atom is -0.377 e. The molecule has 26 heavy (non-hydrogen) atoms. The number of likely N-dealkylation sites (tertiary alicyclic amines) is 1. The van der Waals surface area contributed by atoms with Crippen molar-refractivity contribution in [3.05, 3.63) is 61.0 Å². The van der Waals surface area contributed by atoms with Crippen LogP contribution in [-0.4, -0.2) is 51.6 Å². The molecule has 0 aromatic carbocycles. The second-order valence-corrected chi connectivity index (χ2v) is 6.50. The molecule has 0 radical (unpaired) electrons. The van der Waals surface area contributed by atoms with E-state index < -0.39 is 0 Å². The Labute approximate surface area is 154 Å². The van der Waals surface area contributed by atoms with Crippen molar-refractivity contribution in [1.82, 2.24) is 19.4 Å². The minimum absolute atomic E-state index is 0.171. The third-order valence-corrected chi connectivity index (χ3v) is 4.71. The molecular formula is C20H26N4O2. The van der Waals surface area contributed by atoms with Gasteiger partial charge in [-0.05, 0) is 25.0 Å². The van der Waals surface area contributed by atoms with E-state index in [1.54, 1.807) is 6.08 Å².